The highest BCUT2D eigenvalue weighted by molar-refractivity contribution is 5.36. The van der Waals surface area contributed by atoms with Crippen LogP contribution >= 0.6 is 0 Å². The highest BCUT2D eigenvalue weighted by atomic mass is 19.4. The molecule has 0 amide bonds. The molecule has 1 rings (SSSR count). The summed E-state index contributed by atoms with van der Waals surface area (Å²) < 4.78 is 74.8. The Labute approximate surface area is 98.9 Å². The van der Waals surface area contributed by atoms with Crippen LogP contribution in [0.25, 0.3) is 0 Å². The molecule has 1 nitrogen and oxygen atoms in total. The van der Waals surface area contributed by atoms with Crippen LogP contribution in [0, 0.1) is 0 Å². The summed E-state index contributed by atoms with van der Waals surface area (Å²) in [4.78, 5) is 0. The second kappa shape index (κ2) is 4.64. The van der Waals surface area contributed by atoms with Crippen molar-refractivity contribution >= 4 is 0 Å². The number of alkyl halides is 6. The van der Waals surface area contributed by atoms with Crippen LogP contribution in [-0.2, 0) is 12.4 Å². The molecule has 1 atom stereocenters. The number of nitrogens with two attached hydrogens (primary N) is 1. The molecule has 0 heterocycles. The van der Waals surface area contributed by atoms with E-state index in [9.17, 15) is 26.3 Å². The molecule has 1 aromatic carbocycles. The van der Waals surface area contributed by atoms with Crippen molar-refractivity contribution < 1.29 is 26.3 Å². The predicted molar refractivity (Wildman–Crippen MR) is 53.6 cm³/mol. The van der Waals surface area contributed by atoms with Gasteiger partial charge in [-0.15, -0.1) is 6.58 Å². The minimum absolute atomic E-state index is 0.0549. The number of benzene rings is 1. The molecule has 100 valence electrons. The molecule has 18 heavy (non-hydrogen) atoms. The Morgan fingerprint density at radius 2 is 1.33 bits per heavy atom. The van der Waals surface area contributed by atoms with Gasteiger partial charge in [0.1, 0.15) is 0 Å². The van der Waals surface area contributed by atoms with Crippen LogP contribution in [0.15, 0.2) is 30.9 Å². The zero-order valence-corrected chi connectivity index (χ0v) is 8.94. The third-order valence-electron chi connectivity index (χ3n) is 2.25. The molecule has 1 aromatic rings. The molecule has 0 unspecified atom stereocenters. The summed E-state index contributed by atoms with van der Waals surface area (Å²) in [5.74, 6) is 0. The molecule has 0 aromatic heterocycles. The molecule has 2 N–H and O–H groups in total. The van der Waals surface area contributed by atoms with E-state index in [2.05, 4.69) is 6.58 Å². The Bertz CT molecular complexity index is 414. The monoisotopic (exact) mass is 269 g/mol. The first-order valence-electron chi connectivity index (χ1n) is 4.73. The maximum atomic E-state index is 12.5. The minimum atomic E-state index is -4.86. The first-order chi connectivity index (χ1) is 8.05. The summed E-state index contributed by atoms with van der Waals surface area (Å²) in [7, 11) is 0. The Balaban J connectivity index is 3.43. The van der Waals surface area contributed by atoms with Crippen LogP contribution in [0.3, 0.4) is 0 Å². The van der Waals surface area contributed by atoms with Gasteiger partial charge in [0.05, 0.1) is 11.1 Å². The van der Waals surface area contributed by atoms with Gasteiger partial charge < -0.3 is 5.73 Å². The minimum Gasteiger partial charge on any atom is -0.321 e. The molecule has 0 saturated heterocycles. The van der Waals surface area contributed by atoms with Crippen LogP contribution in [0.1, 0.15) is 22.7 Å². The Morgan fingerprint density at radius 1 is 0.944 bits per heavy atom. The highest BCUT2D eigenvalue weighted by Gasteiger charge is 2.37. The zero-order valence-electron chi connectivity index (χ0n) is 8.94. The van der Waals surface area contributed by atoms with Crippen LogP contribution in [0.2, 0.25) is 0 Å². The third kappa shape index (κ3) is 3.25. The predicted octanol–water partition coefficient (Wildman–Crippen LogP) is 3.91. The number of rotatable bonds is 2. The van der Waals surface area contributed by atoms with Gasteiger partial charge in [-0.25, -0.2) is 0 Å². The van der Waals surface area contributed by atoms with E-state index < -0.39 is 29.5 Å². The fourth-order valence-electron chi connectivity index (χ4n) is 1.31. The maximum Gasteiger partial charge on any atom is 0.416 e. The van der Waals surface area contributed by atoms with Gasteiger partial charge in [0, 0.05) is 6.04 Å². The first kappa shape index (κ1) is 14.6. The number of hydrogen-bond donors (Lipinski definition) is 1. The van der Waals surface area contributed by atoms with Gasteiger partial charge in [0.15, 0.2) is 0 Å². The summed E-state index contributed by atoms with van der Waals surface area (Å²) in [6, 6.07) is 0.135. The molecule has 0 saturated carbocycles. The molecular weight excluding hydrogens is 260 g/mol. The lowest BCUT2D eigenvalue weighted by molar-refractivity contribution is -0.143. The molecule has 0 aliphatic carbocycles. The smallest absolute Gasteiger partial charge is 0.321 e. The van der Waals surface area contributed by atoms with Crippen LogP contribution < -0.4 is 5.73 Å². The van der Waals surface area contributed by atoms with Gasteiger partial charge in [-0.2, -0.15) is 26.3 Å². The summed E-state index contributed by atoms with van der Waals surface area (Å²) in [6.07, 6.45) is -8.66. The van der Waals surface area contributed by atoms with E-state index in [-0.39, 0.29) is 11.6 Å². The van der Waals surface area contributed by atoms with E-state index in [0.717, 1.165) is 6.08 Å². The van der Waals surface area contributed by atoms with Crippen LogP contribution in [-0.4, -0.2) is 0 Å². The molecule has 0 aliphatic heterocycles. The zero-order chi connectivity index (χ0) is 14.1. The van der Waals surface area contributed by atoms with Crippen molar-refractivity contribution in [2.24, 2.45) is 5.73 Å². The van der Waals surface area contributed by atoms with Crippen molar-refractivity contribution in [2.75, 3.05) is 0 Å². The van der Waals surface area contributed by atoms with Crippen molar-refractivity contribution in [1.29, 1.82) is 0 Å². The number of halogens is 6. The Kier molecular flexibility index (Phi) is 3.75. The number of hydrogen-bond acceptors (Lipinski definition) is 1. The topological polar surface area (TPSA) is 26.0 Å². The van der Waals surface area contributed by atoms with E-state index >= 15 is 0 Å². The van der Waals surface area contributed by atoms with Gasteiger partial charge in [-0.05, 0) is 23.8 Å². The molecule has 0 bridgehead atoms. The second-order valence-corrected chi connectivity index (χ2v) is 3.60. The third-order valence-corrected chi connectivity index (χ3v) is 2.25. The average molecular weight is 269 g/mol. The first-order valence-corrected chi connectivity index (χ1v) is 4.73. The van der Waals surface area contributed by atoms with Crippen molar-refractivity contribution in [2.45, 2.75) is 18.4 Å². The lowest BCUT2D eigenvalue weighted by Gasteiger charge is -2.16. The highest BCUT2D eigenvalue weighted by Crippen LogP contribution is 2.37. The van der Waals surface area contributed by atoms with Gasteiger partial charge in [0.2, 0.25) is 0 Å². The van der Waals surface area contributed by atoms with Gasteiger partial charge >= 0.3 is 12.4 Å². The molecule has 0 aliphatic rings. The standard InChI is InChI=1S/C11H9F6N/c1-2-9(18)6-3-7(10(12,13)14)5-8(4-6)11(15,16)17/h2-5,9H,1,18H2/t9-/m1/s1. The van der Waals surface area contributed by atoms with Crippen LogP contribution in [0.4, 0.5) is 26.3 Å². The normalized spacial score (nSPS) is 14.4. The average Bonchev–Trinajstić information content (AvgIpc) is 2.25. The van der Waals surface area contributed by atoms with E-state index in [1.165, 1.54) is 0 Å². The van der Waals surface area contributed by atoms with E-state index in [1.807, 2.05) is 0 Å². The fraction of sp³-hybridized carbons (Fsp3) is 0.273. The van der Waals surface area contributed by atoms with E-state index in [1.54, 1.807) is 0 Å². The summed E-state index contributed by atoms with van der Waals surface area (Å²) >= 11 is 0. The molecule has 0 radical (unpaired) electrons. The van der Waals surface area contributed by atoms with E-state index in [4.69, 9.17) is 5.73 Å². The van der Waals surface area contributed by atoms with Crippen LogP contribution in [0.5, 0.6) is 0 Å². The Morgan fingerprint density at radius 3 is 1.61 bits per heavy atom. The van der Waals surface area contributed by atoms with Gasteiger partial charge in [-0.1, -0.05) is 6.08 Å². The largest absolute Gasteiger partial charge is 0.416 e. The van der Waals surface area contributed by atoms with Gasteiger partial charge in [0.25, 0.3) is 0 Å². The maximum absolute atomic E-state index is 12.5. The fourth-order valence-corrected chi connectivity index (χ4v) is 1.31. The lowest BCUT2D eigenvalue weighted by atomic mass is 10.00. The summed E-state index contributed by atoms with van der Waals surface area (Å²) in [6.45, 7) is 3.23. The quantitative estimate of drug-likeness (QED) is 0.639. The molecule has 0 spiro atoms. The van der Waals surface area contributed by atoms with E-state index in [0.29, 0.717) is 12.1 Å². The molecule has 0 fully saturated rings. The van der Waals surface area contributed by atoms with Crippen molar-refractivity contribution in [1.82, 2.24) is 0 Å². The summed E-state index contributed by atoms with van der Waals surface area (Å²) in [5, 5.41) is 0. The molecule has 7 heteroatoms. The van der Waals surface area contributed by atoms with Gasteiger partial charge in [-0.3, -0.25) is 0 Å². The van der Waals surface area contributed by atoms with Crippen molar-refractivity contribution in [3.05, 3.63) is 47.5 Å². The Hall–Kier alpha value is -1.50. The summed E-state index contributed by atoms with van der Waals surface area (Å²) in [5.41, 5.74) is 2.31. The lowest BCUT2D eigenvalue weighted by Crippen LogP contribution is -2.15. The van der Waals surface area contributed by atoms with Crippen molar-refractivity contribution in [3.8, 4) is 0 Å². The second-order valence-electron chi connectivity index (χ2n) is 3.60. The van der Waals surface area contributed by atoms with Crippen molar-refractivity contribution in [3.63, 3.8) is 0 Å². The molecular formula is C11H9F6N. The SMILES string of the molecule is C=C[C@@H](N)c1cc(C(F)(F)F)cc(C(F)(F)F)c1.